The van der Waals surface area contributed by atoms with Gasteiger partial charge in [0.05, 0.1) is 17.1 Å². The molecule has 1 aromatic carbocycles. The second kappa shape index (κ2) is 5.58. The molecule has 4 heteroatoms. The molecule has 0 amide bonds. The van der Waals surface area contributed by atoms with Gasteiger partial charge in [0.25, 0.3) is 0 Å². The lowest BCUT2D eigenvalue weighted by Crippen LogP contribution is -2.16. The summed E-state index contributed by atoms with van der Waals surface area (Å²) in [7, 11) is 2.07. The molecule has 0 bridgehead atoms. The molecule has 86 valence electrons. The standard InChI is InChI=1S/C13H13N3S/c1-16(9-13-7-15-10-17-13)8-12-4-2-3-11(5-12)6-14/h2-5,7,10H,8-9H2,1H3. The zero-order valence-electron chi connectivity index (χ0n) is 9.63. The molecule has 3 nitrogen and oxygen atoms in total. The van der Waals surface area contributed by atoms with E-state index in [2.05, 4.69) is 23.0 Å². The van der Waals surface area contributed by atoms with E-state index >= 15 is 0 Å². The molecule has 0 aliphatic heterocycles. The molecule has 0 radical (unpaired) electrons. The summed E-state index contributed by atoms with van der Waals surface area (Å²) in [5, 5.41) is 8.83. The second-order valence-corrected chi connectivity index (χ2v) is 4.92. The van der Waals surface area contributed by atoms with E-state index in [1.807, 2.05) is 36.0 Å². The smallest absolute Gasteiger partial charge is 0.0991 e. The predicted octanol–water partition coefficient (Wildman–Crippen LogP) is 2.65. The zero-order valence-corrected chi connectivity index (χ0v) is 10.4. The second-order valence-electron chi connectivity index (χ2n) is 3.95. The first-order valence-corrected chi connectivity index (χ1v) is 6.21. The highest BCUT2D eigenvalue weighted by atomic mass is 32.1. The zero-order chi connectivity index (χ0) is 12.1. The van der Waals surface area contributed by atoms with Gasteiger partial charge >= 0.3 is 0 Å². The Hall–Kier alpha value is -1.70. The molecular weight excluding hydrogens is 230 g/mol. The highest BCUT2D eigenvalue weighted by molar-refractivity contribution is 7.09. The Morgan fingerprint density at radius 2 is 2.29 bits per heavy atom. The van der Waals surface area contributed by atoms with Crippen LogP contribution in [-0.2, 0) is 13.1 Å². The van der Waals surface area contributed by atoms with Gasteiger partial charge in [-0.05, 0) is 24.7 Å². The number of aromatic nitrogens is 1. The van der Waals surface area contributed by atoms with Crippen molar-refractivity contribution in [2.45, 2.75) is 13.1 Å². The number of benzene rings is 1. The van der Waals surface area contributed by atoms with Crippen LogP contribution < -0.4 is 0 Å². The summed E-state index contributed by atoms with van der Waals surface area (Å²) in [6, 6.07) is 9.89. The van der Waals surface area contributed by atoms with E-state index in [0.717, 1.165) is 18.7 Å². The van der Waals surface area contributed by atoms with Crippen molar-refractivity contribution in [2.24, 2.45) is 0 Å². The number of nitrogens with zero attached hydrogens (tertiary/aromatic N) is 3. The van der Waals surface area contributed by atoms with E-state index in [0.29, 0.717) is 5.56 Å². The molecule has 17 heavy (non-hydrogen) atoms. The summed E-state index contributed by atoms with van der Waals surface area (Å²) in [5.41, 5.74) is 3.73. The van der Waals surface area contributed by atoms with Crippen LogP contribution in [0.25, 0.3) is 0 Å². The summed E-state index contributed by atoms with van der Waals surface area (Å²) < 4.78 is 0. The number of hydrogen-bond donors (Lipinski definition) is 0. The van der Waals surface area contributed by atoms with E-state index in [4.69, 9.17) is 5.26 Å². The molecule has 0 fully saturated rings. The van der Waals surface area contributed by atoms with Gasteiger partial charge in [0.2, 0.25) is 0 Å². The molecule has 0 unspecified atom stereocenters. The van der Waals surface area contributed by atoms with Crippen molar-refractivity contribution in [3.8, 4) is 6.07 Å². The topological polar surface area (TPSA) is 39.9 Å². The molecule has 0 N–H and O–H groups in total. The molecule has 0 atom stereocenters. The van der Waals surface area contributed by atoms with E-state index in [9.17, 15) is 0 Å². The molecule has 2 aromatic rings. The lowest BCUT2D eigenvalue weighted by atomic mass is 10.1. The monoisotopic (exact) mass is 243 g/mol. The lowest BCUT2D eigenvalue weighted by molar-refractivity contribution is 0.322. The van der Waals surface area contributed by atoms with Crippen LogP contribution in [0, 0.1) is 11.3 Å². The number of nitriles is 1. The molecule has 2 rings (SSSR count). The van der Waals surface area contributed by atoms with Crippen LogP contribution in [0.2, 0.25) is 0 Å². The van der Waals surface area contributed by atoms with Crippen molar-refractivity contribution < 1.29 is 0 Å². The minimum atomic E-state index is 0.716. The molecule has 0 aliphatic rings. The average Bonchev–Trinajstić information content (AvgIpc) is 2.82. The quantitative estimate of drug-likeness (QED) is 0.828. The van der Waals surface area contributed by atoms with Crippen LogP contribution in [0.4, 0.5) is 0 Å². The lowest BCUT2D eigenvalue weighted by Gasteiger charge is -2.15. The maximum atomic E-state index is 8.83. The van der Waals surface area contributed by atoms with Crippen LogP contribution in [-0.4, -0.2) is 16.9 Å². The summed E-state index contributed by atoms with van der Waals surface area (Å²) in [6.07, 6.45) is 1.90. The Kier molecular flexibility index (Phi) is 3.86. The number of rotatable bonds is 4. The highest BCUT2D eigenvalue weighted by Crippen LogP contribution is 2.12. The van der Waals surface area contributed by atoms with Gasteiger partial charge in [-0.25, -0.2) is 0 Å². The van der Waals surface area contributed by atoms with Crippen LogP contribution in [0.1, 0.15) is 16.0 Å². The highest BCUT2D eigenvalue weighted by Gasteiger charge is 2.03. The van der Waals surface area contributed by atoms with Crippen LogP contribution >= 0.6 is 11.3 Å². The fourth-order valence-corrected chi connectivity index (χ4v) is 2.37. The van der Waals surface area contributed by atoms with Crippen molar-refractivity contribution in [1.82, 2.24) is 9.88 Å². The third kappa shape index (κ3) is 3.38. The molecule has 0 spiro atoms. The van der Waals surface area contributed by atoms with Gasteiger partial charge < -0.3 is 0 Å². The van der Waals surface area contributed by atoms with Gasteiger partial charge in [-0.15, -0.1) is 11.3 Å². The van der Waals surface area contributed by atoms with E-state index < -0.39 is 0 Å². The number of thiazole rings is 1. The SMILES string of the molecule is CN(Cc1cccc(C#N)c1)Cc1cncs1. The van der Waals surface area contributed by atoms with E-state index in [1.165, 1.54) is 4.88 Å². The van der Waals surface area contributed by atoms with E-state index in [1.54, 1.807) is 11.3 Å². The Labute approximate surface area is 105 Å². The third-order valence-corrected chi connectivity index (χ3v) is 3.18. The van der Waals surface area contributed by atoms with Gasteiger partial charge in [-0.2, -0.15) is 5.26 Å². The van der Waals surface area contributed by atoms with Gasteiger partial charge in [0.15, 0.2) is 0 Å². The van der Waals surface area contributed by atoms with Crippen LogP contribution in [0.15, 0.2) is 36.0 Å². The summed E-state index contributed by atoms with van der Waals surface area (Å²) in [5.74, 6) is 0. The molecular formula is C13H13N3S. The third-order valence-electron chi connectivity index (χ3n) is 2.42. The minimum absolute atomic E-state index is 0.716. The van der Waals surface area contributed by atoms with E-state index in [-0.39, 0.29) is 0 Å². The summed E-state index contributed by atoms with van der Waals surface area (Å²) >= 11 is 1.66. The van der Waals surface area contributed by atoms with Crippen molar-refractivity contribution >= 4 is 11.3 Å². The molecule has 1 heterocycles. The Balaban J connectivity index is 1.98. The fourth-order valence-electron chi connectivity index (χ4n) is 1.69. The fraction of sp³-hybridized carbons (Fsp3) is 0.231. The van der Waals surface area contributed by atoms with Crippen molar-refractivity contribution in [1.29, 1.82) is 5.26 Å². The first-order valence-electron chi connectivity index (χ1n) is 5.33. The normalized spacial score (nSPS) is 10.4. The van der Waals surface area contributed by atoms with Crippen LogP contribution in [0.3, 0.4) is 0 Å². The Morgan fingerprint density at radius 1 is 1.41 bits per heavy atom. The Morgan fingerprint density at radius 3 is 3.00 bits per heavy atom. The minimum Gasteiger partial charge on any atom is -0.297 e. The largest absolute Gasteiger partial charge is 0.297 e. The maximum Gasteiger partial charge on any atom is 0.0991 e. The van der Waals surface area contributed by atoms with Gasteiger partial charge in [-0.1, -0.05) is 12.1 Å². The molecule has 0 saturated carbocycles. The van der Waals surface area contributed by atoms with Crippen LogP contribution in [0.5, 0.6) is 0 Å². The Bertz CT molecular complexity index is 514. The van der Waals surface area contributed by atoms with Crippen molar-refractivity contribution in [3.05, 3.63) is 52.0 Å². The van der Waals surface area contributed by atoms with Gasteiger partial charge in [0, 0.05) is 24.2 Å². The predicted molar refractivity (Wildman–Crippen MR) is 68.4 cm³/mol. The van der Waals surface area contributed by atoms with Gasteiger partial charge in [0.1, 0.15) is 0 Å². The summed E-state index contributed by atoms with van der Waals surface area (Å²) in [6.45, 7) is 1.73. The average molecular weight is 243 g/mol. The number of hydrogen-bond acceptors (Lipinski definition) is 4. The molecule has 0 aliphatic carbocycles. The molecule has 0 saturated heterocycles. The molecule has 1 aromatic heterocycles. The first-order chi connectivity index (χ1) is 8.28. The first kappa shape index (κ1) is 11.8. The van der Waals surface area contributed by atoms with Gasteiger partial charge in [-0.3, -0.25) is 9.88 Å². The maximum absolute atomic E-state index is 8.83. The van der Waals surface area contributed by atoms with Crippen molar-refractivity contribution in [3.63, 3.8) is 0 Å². The van der Waals surface area contributed by atoms with Crippen molar-refractivity contribution in [2.75, 3.05) is 7.05 Å². The summed E-state index contributed by atoms with van der Waals surface area (Å²) in [4.78, 5) is 7.52.